The van der Waals surface area contributed by atoms with Gasteiger partial charge in [-0.1, -0.05) is 35.9 Å². The third kappa shape index (κ3) is 4.68. The number of hydrogen-bond donors (Lipinski definition) is 0. The van der Waals surface area contributed by atoms with Crippen LogP contribution in [0.5, 0.6) is 5.75 Å². The number of rotatable bonds is 7. The second kappa shape index (κ2) is 8.67. The molecular weight excluding hydrogens is 386 g/mol. The molecule has 29 heavy (non-hydrogen) atoms. The van der Waals surface area contributed by atoms with Crippen molar-refractivity contribution in [2.24, 2.45) is 0 Å². The van der Waals surface area contributed by atoms with Crippen LogP contribution in [0.25, 0.3) is 11.8 Å². The molecule has 0 spiro atoms. The molecule has 0 saturated carbocycles. The van der Waals surface area contributed by atoms with Crippen LogP contribution >= 0.6 is 11.6 Å². The molecule has 4 aromatic rings. The van der Waals surface area contributed by atoms with E-state index in [1.807, 2.05) is 65.5 Å². The summed E-state index contributed by atoms with van der Waals surface area (Å²) in [6.07, 6.45) is 7.04. The van der Waals surface area contributed by atoms with Gasteiger partial charge in [0.2, 0.25) is 0 Å². The fourth-order valence-corrected chi connectivity index (χ4v) is 3.04. The molecule has 0 aliphatic rings. The van der Waals surface area contributed by atoms with Crippen molar-refractivity contribution in [2.75, 3.05) is 0 Å². The first kappa shape index (κ1) is 18.8. The molecule has 0 amide bonds. The van der Waals surface area contributed by atoms with Crippen LogP contribution in [0.15, 0.2) is 95.7 Å². The zero-order chi connectivity index (χ0) is 20.1. The minimum absolute atomic E-state index is 0.0933. The molecule has 0 unspecified atom stereocenters. The van der Waals surface area contributed by atoms with Gasteiger partial charge in [-0.2, -0.15) is 0 Å². The smallest absolute Gasteiger partial charge is 0.186 e. The number of carbonyl (C=O) groups is 1. The molecule has 0 saturated heterocycles. The number of carbonyl (C=O) groups excluding carboxylic acids is 1. The van der Waals surface area contributed by atoms with Crippen molar-refractivity contribution in [2.45, 2.75) is 6.61 Å². The highest BCUT2D eigenvalue weighted by atomic mass is 35.5. The van der Waals surface area contributed by atoms with Crippen LogP contribution in [0, 0.1) is 0 Å². The molecule has 0 atom stereocenters. The van der Waals surface area contributed by atoms with Crippen molar-refractivity contribution in [3.63, 3.8) is 0 Å². The van der Waals surface area contributed by atoms with E-state index in [2.05, 4.69) is 0 Å². The zero-order valence-corrected chi connectivity index (χ0v) is 16.3. The SMILES string of the molecule is O=C(/C=C/c1ccc(COc2ccccc2Cl)o1)c1cccc(-n2cccc2)c1. The Labute approximate surface area is 173 Å². The Kier molecular flexibility index (Phi) is 5.63. The maximum atomic E-state index is 12.5. The second-order valence-corrected chi connectivity index (χ2v) is 6.77. The van der Waals surface area contributed by atoms with E-state index in [-0.39, 0.29) is 12.4 Å². The van der Waals surface area contributed by atoms with Crippen molar-refractivity contribution in [1.29, 1.82) is 0 Å². The van der Waals surface area contributed by atoms with E-state index < -0.39 is 0 Å². The van der Waals surface area contributed by atoms with Gasteiger partial charge in [0.1, 0.15) is 23.9 Å². The second-order valence-electron chi connectivity index (χ2n) is 6.36. The Morgan fingerprint density at radius 2 is 1.83 bits per heavy atom. The monoisotopic (exact) mass is 403 g/mol. The summed E-state index contributed by atoms with van der Waals surface area (Å²) in [5.74, 6) is 1.73. The molecule has 0 aliphatic heterocycles. The van der Waals surface area contributed by atoms with Crippen molar-refractivity contribution in [3.05, 3.63) is 113 Å². The number of benzene rings is 2. The minimum atomic E-state index is -0.0933. The Bertz CT molecular complexity index is 1140. The maximum absolute atomic E-state index is 12.5. The molecule has 0 N–H and O–H groups in total. The largest absolute Gasteiger partial charge is 0.484 e. The van der Waals surface area contributed by atoms with E-state index in [0.717, 1.165) is 5.69 Å². The van der Waals surface area contributed by atoms with Crippen molar-refractivity contribution in [1.82, 2.24) is 4.57 Å². The third-order valence-electron chi connectivity index (χ3n) is 4.32. The molecule has 0 aliphatic carbocycles. The fraction of sp³-hybridized carbons (Fsp3) is 0.0417. The molecule has 4 nitrogen and oxygen atoms in total. The summed E-state index contributed by atoms with van der Waals surface area (Å²) < 4.78 is 13.3. The Morgan fingerprint density at radius 3 is 2.66 bits per heavy atom. The van der Waals surface area contributed by atoms with Gasteiger partial charge in [0.25, 0.3) is 0 Å². The molecule has 2 aromatic carbocycles. The summed E-state index contributed by atoms with van der Waals surface area (Å²) in [6, 6.07) is 22.2. The van der Waals surface area contributed by atoms with Crippen molar-refractivity contribution >= 4 is 23.5 Å². The van der Waals surface area contributed by atoms with Gasteiger partial charge in [0, 0.05) is 23.6 Å². The van der Waals surface area contributed by atoms with Gasteiger partial charge in [-0.25, -0.2) is 0 Å². The lowest BCUT2D eigenvalue weighted by Gasteiger charge is -2.05. The number of para-hydroxylation sites is 1. The molecule has 5 heteroatoms. The van der Waals surface area contributed by atoms with Crippen molar-refractivity contribution in [3.8, 4) is 11.4 Å². The van der Waals surface area contributed by atoms with Crippen LogP contribution < -0.4 is 4.74 Å². The highest BCUT2D eigenvalue weighted by Crippen LogP contribution is 2.24. The van der Waals surface area contributed by atoms with E-state index in [1.165, 1.54) is 6.08 Å². The molecule has 2 heterocycles. The van der Waals surface area contributed by atoms with Gasteiger partial charge in [-0.3, -0.25) is 4.79 Å². The van der Waals surface area contributed by atoms with Crippen molar-refractivity contribution < 1.29 is 13.9 Å². The van der Waals surface area contributed by atoms with Gasteiger partial charge >= 0.3 is 0 Å². The number of furan rings is 1. The maximum Gasteiger partial charge on any atom is 0.186 e. The quantitative estimate of drug-likeness (QED) is 0.272. The fourth-order valence-electron chi connectivity index (χ4n) is 2.85. The van der Waals surface area contributed by atoms with E-state index in [0.29, 0.717) is 27.9 Å². The molecule has 144 valence electrons. The van der Waals surface area contributed by atoms with E-state index in [4.69, 9.17) is 20.8 Å². The summed E-state index contributed by atoms with van der Waals surface area (Å²) in [6.45, 7) is 0.254. The van der Waals surface area contributed by atoms with E-state index >= 15 is 0 Å². The third-order valence-corrected chi connectivity index (χ3v) is 4.63. The summed E-state index contributed by atoms with van der Waals surface area (Å²) in [5, 5.41) is 0.548. The lowest BCUT2D eigenvalue weighted by Crippen LogP contribution is -1.97. The summed E-state index contributed by atoms with van der Waals surface area (Å²) in [4.78, 5) is 12.5. The Hall–Kier alpha value is -3.50. The van der Waals surface area contributed by atoms with Crippen LogP contribution in [-0.2, 0) is 6.61 Å². The van der Waals surface area contributed by atoms with Crippen LogP contribution in [-0.4, -0.2) is 10.4 Å². The first-order chi connectivity index (χ1) is 14.2. The van der Waals surface area contributed by atoms with Crippen LogP contribution in [0.1, 0.15) is 21.9 Å². The van der Waals surface area contributed by atoms with E-state index in [9.17, 15) is 4.79 Å². The standard InChI is InChI=1S/C24H18ClNO3/c25-22-8-1-2-9-24(22)28-17-21-11-10-20(29-21)12-13-23(27)18-6-5-7-19(16-18)26-14-3-4-15-26/h1-16H,17H2/b13-12+. The first-order valence-electron chi connectivity index (χ1n) is 9.11. The number of allylic oxidation sites excluding steroid dienone is 1. The molecule has 2 aromatic heterocycles. The highest BCUT2D eigenvalue weighted by Gasteiger charge is 2.06. The number of halogens is 1. The lowest BCUT2D eigenvalue weighted by atomic mass is 10.1. The number of aromatic nitrogens is 1. The van der Waals surface area contributed by atoms with Gasteiger partial charge < -0.3 is 13.7 Å². The minimum Gasteiger partial charge on any atom is -0.484 e. The van der Waals surface area contributed by atoms with Crippen LogP contribution in [0.2, 0.25) is 5.02 Å². The zero-order valence-electron chi connectivity index (χ0n) is 15.5. The summed E-state index contributed by atoms with van der Waals surface area (Å²) >= 11 is 6.08. The van der Waals surface area contributed by atoms with Gasteiger partial charge in [-0.05, 0) is 60.7 Å². The van der Waals surface area contributed by atoms with Gasteiger partial charge in [0.05, 0.1) is 5.02 Å². The Morgan fingerprint density at radius 1 is 1.00 bits per heavy atom. The molecular formula is C24H18ClNO3. The molecule has 0 fully saturated rings. The highest BCUT2D eigenvalue weighted by molar-refractivity contribution is 6.32. The topological polar surface area (TPSA) is 44.4 Å². The first-order valence-corrected chi connectivity index (χ1v) is 9.49. The molecule has 4 rings (SSSR count). The predicted octanol–water partition coefficient (Wildman–Crippen LogP) is 6.20. The number of ether oxygens (including phenoxy) is 1. The summed E-state index contributed by atoms with van der Waals surface area (Å²) in [7, 11) is 0. The van der Waals surface area contributed by atoms with Crippen LogP contribution in [0.4, 0.5) is 0 Å². The number of hydrogen-bond acceptors (Lipinski definition) is 3. The average molecular weight is 404 g/mol. The Balaban J connectivity index is 1.40. The van der Waals surface area contributed by atoms with E-state index in [1.54, 1.807) is 30.3 Å². The molecule has 0 bridgehead atoms. The predicted molar refractivity (Wildman–Crippen MR) is 114 cm³/mol. The normalized spacial score (nSPS) is 11.1. The van der Waals surface area contributed by atoms with Gasteiger partial charge in [0.15, 0.2) is 5.78 Å². The van der Waals surface area contributed by atoms with Gasteiger partial charge in [-0.15, -0.1) is 0 Å². The number of nitrogens with zero attached hydrogens (tertiary/aromatic N) is 1. The lowest BCUT2D eigenvalue weighted by molar-refractivity contribution is 0.104. The molecule has 0 radical (unpaired) electrons. The van der Waals surface area contributed by atoms with Crippen LogP contribution in [0.3, 0.4) is 0 Å². The number of ketones is 1. The average Bonchev–Trinajstić information content (AvgIpc) is 3.44. The summed E-state index contributed by atoms with van der Waals surface area (Å²) in [5.41, 5.74) is 1.55.